The first-order valence-corrected chi connectivity index (χ1v) is 7.14. The Kier molecular flexibility index (Phi) is 6.05. The van der Waals surface area contributed by atoms with Crippen LogP contribution >= 0.6 is 0 Å². The summed E-state index contributed by atoms with van der Waals surface area (Å²) in [5.74, 6) is -0.455. The first kappa shape index (κ1) is 17.4. The fourth-order valence-corrected chi connectivity index (χ4v) is 2.10. The fraction of sp³-hybridized carbons (Fsp3) is 0.500. The van der Waals surface area contributed by atoms with Crippen LogP contribution in [0.15, 0.2) is 24.3 Å². The molecule has 6 nitrogen and oxygen atoms in total. The van der Waals surface area contributed by atoms with Gasteiger partial charge in [0.25, 0.3) is 0 Å². The van der Waals surface area contributed by atoms with Gasteiger partial charge < -0.3 is 20.1 Å². The number of hydrogen-bond acceptors (Lipinski definition) is 4. The molecule has 0 unspecified atom stereocenters. The monoisotopic (exact) mass is 333 g/mol. The first-order valence-electron chi connectivity index (χ1n) is 7.14. The van der Waals surface area contributed by atoms with Crippen molar-refractivity contribution in [2.45, 2.75) is 6.36 Å². The highest BCUT2D eigenvalue weighted by atomic mass is 19.4. The molecule has 2 N–H and O–H groups in total. The number of para-hydroxylation sites is 2. The lowest BCUT2D eigenvalue weighted by Gasteiger charge is -2.26. The maximum absolute atomic E-state index is 12.3. The van der Waals surface area contributed by atoms with Crippen LogP contribution in [0.1, 0.15) is 0 Å². The molecule has 1 heterocycles. The Morgan fingerprint density at radius 1 is 1.26 bits per heavy atom. The van der Waals surface area contributed by atoms with Crippen LogP contribution in [-0.2, 0) is 4.74 Å². The smallest absolute Gasteiger partial charge is 0.404 e. The molecule has 1 aliphatic rings. The zero-order valence-electron chi connectivity index (χ0n) is 12.4. The van der Waals surface area contributed by atoms with Gasteiger partial charge in [-0.25, -0.2) is 4.79 Å². The number of carbonyl (C=O) groups is 1. The quantitative estimate of drug-likeness (QED) is 0.866. The molecule has 0 saturated carbocycles. The molecule has 0 atom stereocenters. The third kappa shape index (κ3) is 6.33. The van der Waals surface area contributed by atoms with Crippen LogP contribution in [0.5, 0.6) is 5.75 Å². The lowest BCUT2D eigenvalue weighted by Crippen LogP contribution is -2.42. The second-order valence-electron chi connectivity index (χ2n) is 4.88. The standard InChI is InChI=1S/C14H18F3N3O3/c15-14(16,17)23-12-4-2-1-3-11(12)19-13(21)18-5-6-20-7-9-22-10-8-20/h1-4H,5-10H2,(H2,18,19,21). The number of amides is 2. The average molecular weight is 333 g/mol. The molecule has 2 rings (SSSR count). The van der Waals surface area contributed by atoms with E-state index >= 15 is 0 Å². The average Bonchev–Trinajstić information content (AvgIpc) is 2.49. The number of hydrogen-bond donors (Lipinski definition) is 2. The Balaban J connectivity index is 1.80. The minimum Gasteiger partial charge on any atom is -0.404 e. The Morgan fingerprint density at radius 2 is 1.96 bits per heavy atom. The third-order valence-electron chi connectivity index (χ3n) is 3.18. The van der Waals surface area contributed by atoms with Gasteiger partial charge in [-0.3, -0.25) is 4.90 Å². The number of rotatable bonds is 5. The Morgan fingerprint density at radius 3 is 2.65 bits per heavy atom. The lowest BCUT2D eigenvalue weighted by molar-refractivity contribution is -0.274. The summed E-state index contributed by atoms with van der Waals surface area (Å²) < 4.78 is 46.0. The summed E-state index contributed by atoms with van der Waals surface area (Å²) in [6.07, 6.45) is -4.81. The van der Waals surface area contributed by atoms with E-state index in [-0.39, 0.29) is 5.69 Å². The summed E-state index contributed by atoms with van der Waals surface area (Å²) in [6, 6.07) is 4.78. The first-order chi connectivity index (χ1) is 10.9. The molecule has 1 aliphatic heterocycles. The number of alkyl halides is 3. The summed E-state index contributed by atoms with van der Waals surface area (Å²) in [5.41, 5.74) is -0.0475. The van der Waals surface area contributed by atoms with Crippen molar-refractivity contribution in [3.63, 3.8) is 0 Å². The number of anilines is 1. The van der Waals surface area contributed by atoms with Crippen molar-refractivity contribution in [2.75, 3.05) is 44.7 Å². The van der Waals surface area contributed by atoms with Crippen LogP contribution in [-0.4, -0.2) is 56.7 Å². The molecule has 1 aromatic rings. The number of ether oxygens (including phenoxy) is 2. The van der Waals surface area contributed by atoms with Crippen molar-refractivity contribution in [3.8, 4) is 5.75 Å². The molecule has 128 valence electrons. The van der Waals surface area contributed by atoms with E-state index in [1.807, 2.05) is 0 Å². The molecule has 0 aliphatic carbocycles. The molecule has 0 aromatic heterocycles. The number of halogens is 3. The maximum Gasteiger partial charge on any atom is 0.573 e. The van der Waals surface area contributed by atoms with Crippen molar-refractivity contribution in [3.05, 3.63) is 24.3 Å². The maximum atomic E-state index is 12.3. The second kappa shape index (κ2) is 8.02. The Hall–Kier alpha value is -2.00. The van der Waals surface area contributed by atoms with Gasteiger partial charge in [0, 0.05) is 26.2 Å². The van der Waals surface area contributed by atoms with Crippen LogP contribution in [0.4, 0.5) is 23.7 Å². The number of morpholine rings is 1. The van der Waals surface area contributed by atoms with Crippen LogP contribution in [0.2, 0.25) is 0 Å². The largest absolute Gasteiger partial charge is 0.573 e. The number of urea groups is 1. The number of nitrogens with one attached hydrogen (secondary N) is 2. The molecule has 0 bridgehead atoms. The van der Waals surface area contributed by atoms with Gasteiger partial charge in [0.05, 0.1) is 18.9 Å². The summed E-state index contributed by atoms with van der Waals surface area (Å²) >= 11 is 0. The van der Waals surface area contributed by atoms with Gasteiger partial charge in [0.1, 0.15) is 0 Å². The highest BCUT2D eigenvalue weighted by molar-refractivity contribution is 5.90. The van der Waals surface area contributed by atoms with E-state index in [4.69, 9.17) is 4.74 Å². The highest BCUT2D eigenvalue weighted by Crippen LogP contribution is 2.29. The molecule has 2 amide bonds. The van der Waals surface area contributed by atoms with Crippen LogP contribution < -0.4 is 15.4 Å². The molecule has 0 spiro atoms. The van der Waals surface area contributed by atoms with E-state index in [0.29, 0.717) is 26.3 Å². The molecule has 1 saturated heterocycles. The van der Waals surface area contributed by atoms with Gasteiger partial charge in [-0.15, -0.1) is 13.2 Å². The van der Waals surface area contributed by atoms with E-state index in [9.17, 15) is 18.0 Å². The van der Waals surface area contributed by atoms with Crippen molar-refractivity contribution in [1.82, 2.24) is 10.2 Å². The van der Waals surface area contributed by atoms with Gasteiger partial charge in [-0.05, 0) is 12.1 Å². The van der Waals surface area contributed by atoms with Gasteiger partial charge in [-0.1, -0.05) is 12.1 Å². The molecule has 1 aromatic carbocycles. The van der Waals surface area contributed by atoms with Crippen molar-refractivity contribution >= 4 is 11.7 Å². The minimum atomic E-state index is -4.81. The molecular formula is C14H18F3N3O3. The van der Waals surface area contributed by atoms with Crippen molar-refractivity contribution < 1.29 is 27.4 Å². The van der Waals surface area contributed by atoms with E-state index in [1.165, 1.54) is 18.2 Å². The van der Waals surface area contributed by atoms with E-state index in [1.54, 1.807) is 0 Å². The summed E-state index contributed by atoms with van der Waals surface area (Å²) in [5, 5.41) is 4.95. The number of nitrogens with zero attached hydrogens (tertiary/aromatic N) is 1. The van der Waals surface area contributed by atoms with Gasteiger partial charge >= 0.3 is 12.4 Å². The summed E-state index contributed by atoms with van der Waals surface area (Å²) in [4.78, 5) is 13.9. The zero-order chi connectivity index (χ0) is 16.7. The van der Waals surface area contributed by atoms with Crippen LogP contribution in [0.3, 0.4) is 0 Å². The van der Waals surface area contributed by atoms with Gasteiger partial charge in [0.2, 0.25) is 0 Å². The van der Waals surface area contributed by atoms with Gasteiger partial charge in [-0.2, -0.15) is 0 Å². The Labute approximate surface area is 131 Å². The Bertz CT molecular complexity index is 519. The van der Waals surface area contributed by atoms with E-state index < -0.39 is 18.1 Å². The van der Waals surface area contributed by atoms with Gasteiger partial charge in [0.15, 0.2) is 5.75 Å². The second-order valence-corrected chi connectivity index (χ2v) is 4.88. The van der Waals surface area contributed by atoms with E-state index in [2.05, 4.69) is 20.3 Å². The lowest BCUT2D eigenvalue weighted by atomic mass is 10.3. The van der Waals surface area contributed by atoms with Crippen LogP contribution in [0.25, 0.3) is 0 Å². The van der Waals surface area contributed by atoms with E-state index in [0.717, 1.165) is 19.2 Å². The summed E-state index contributed by atoms with van der Waals surface area (Å²) in [7, 11) is 0. The third-order valence-corrected chi connectivity index (χ3v) is 3.18. The topological polar surface area (TPSA) is 62.8 Å². The molecule has 23 heavy (non-hydrogen) atoms. The van der Waals surface area contributed by atoms with Crippen molar-refractivity contribution in [1.29, 1.82) is 0 Å². The molecule has 1 fully saturated rings. The normalized spacial score (nSPS) is 16.0. The fourth-order valence-electron chi connectivity index (χ4n) is 2.10. The summed E-state index contributed by atoms with van der Waals surface area (Å²) in [6.45, 7) is 3.95. The van der Waals surface area contributed by atoms with Crippen LogP contribution in [0, 0.1) is 0 Å². The predicted molar refractivity (Wildman–Crippen MR) is 77.4 cm³/mol. The molecule has 0 radical (unpaired) electrons. The minimum absolute atomic E-state index is 0.0475. The zero-order valence-corrected chi connectivity index (χ0v) is 12.4. The SMILES string of the molecule is O=C(NCCN1CCOCC1)Nc1ccccc1OC(F)(F)F. The molecular weight excluding hydrogens is 315 g/mol. The number of carbonyl (C=O) groups excluding carboxylic acids is 1. The highest BCUT2D eigenvalue weighted by Gasteiger charge is 2.32. The molecule has 9 heteroatoms. The van der Waals surface area contributed by atoms with Crippen molar-refractivity contribution in [2.24, 2.45) is 0 Å². The number of benzene rings is 1. The predicted octanol–water partition coefficient (Wildman–Crippen LogP) is 2.04.